The highest BCUT2D eigenvalue weighted by Gasteiger charge is 2.24. The van der Waals surface area contributed by atoms with Crippen LogP contribution in [0, 0.1) is 0 Å². The standard InChI is InChI=1S/C14H22N2O2S/c1-3-11-7-8-14(9-12(11)10-15-2)19(17,18)16-13-5-4-6-13/h7-9,13,15-16H,3-6,10H2,1-2H3. The normalized spacial score (nSPS) is 16.3. The third-order valence-corrected chi connectivity index (χ3v) is 5.18. The van der Waals surface area contributed by atoms with Gasteiger partial charge in [-0.05, 0) is 49.6 Å². The van der Waals surface area contributed by atoms with E-state index in [9.17, 15) is 8.42 Å². The summed E-state index contributed by atoms with van der Waals surface area (Å²) >= 11 is 0. The van der Waals surface area contributed by atoms with Gasteiger partial charge in [0.05, 0.1) is 4.90 Å². The van der Waals surface area contributed by atoms with Crippen LogP contribution in [-0.2, 0) is 23.0 Å². The van der Waals surface area contributed by atoms with E-state index < -0.39 is 10.0 Å². The zero-order valence-corrected chi connectivity index (χ0v) is 12.4. The molecule has 0 spiro atoms. The van der Waals surface area contributed by atoms with E-state index in [4.69, 9.17) is 0 Å². The monoisotopic (exact) mass is 282 g/mol. The molecule has 0 radical (unpaired) electrons. The maximum atomic E-state index is 12.3. The minimum atomic E-state index is -3.36. The summed E-state index contributed by atoms with van der Waals surface area (Å²) in [7, 11) is -1.50. The Morgan fingerprint density at radius 3 is 2.53 bits per heavy atom. The highest BCUT2D eigenvalue weighted by atomic mass is 32.2. The summed E-state index contributed by atoms with van der Waals surface area (Å²) in [6.45, 7) is 2.77. The molecule has 1 aromatic carbocycles. The van der Waals surface area contributed by atoms with Crippen LogP contribution in [-0.4, -0.2) is 21.5 Å². The summed E-state index contributed by atoms with van der Waals surface area (Å²) in [4.78, 5) is 0.377. The molecule has 0 bridgehead atoms. The van der Waals surface area contributed by atoms with Gasteiger partial charge in [0, 0.05) is 12.6 Å². The van der Waals surface area contributed by atoms with Gasteiger partial charge in [-0.15, -0.1) is 0 Å². The van der Waals surface area contributed by atoms with Crippen LogP contribution in [0.1, 0.15) is 37.3 Å². The Bertz CT molecular complexity index is 536. The maximum Gasteiger partial charge on any atom is 0.240 e. The van der Waals surface area contributed by atoms with Gasteiger partial charge in [-0.2, -0.15) is 0 Å². The molecule has 5 heteroatoms. The van der Waals surface area contributed by atoms with Gasteiger partial charge in [-0.25, -0.2) is 13.1 Å². The number of benzene rings is 1. The fourth-order valence-corrected chi connectivity index (χ4v) is 3.64. The first-order valence-corrected chi connectivity index (χ1v) is 8.34. The minimum Gasteiger partial charge on any atom is -0.316 e. The van der Waals surface area contributed by atoms with E-state index in [0.29, 0.717) is 11.4 Å². The Labute approximate surface area is 115 Å². The number of nitrogens with one attached hydrogen (secondary N) is 2. The van der Waals surface area contributed by atoms with Crippen molar-refractivity contribution >= 4 is 10.0 Å². The first-order chi connectivity index (χ1) is 9.06. The second-order valence-corrected chi connectivity index (χ2v) is 6.78. The number of hydrogen-bond acceptors (Lipinski definition) is 3. The zero-order chi connectivity index (χ0) is 13.9. The third-order valence-electron chi connectivity index (χ3n) is 3.66. The summed E-state index contributed by atoms with van der Waals surface area (Å²) in [5.74, 6) is 0. The molecule has 0 unspecified atom stereocenters. The van der Waals surface area contributed by atoms with Crippen molar-refractivity contribution < 1.29 is 8.42 Å². The fraction of sp³-hybridized carbons (Fsp3) is 0.571. The van der Waals surface area contributed by atoms with E-state index in [1.165, 1.54) is 5.56 Å². The molecule has 106 valence electrons. The SMILES string of the molecule is CCc1ccc(S(=O)(=O)NC2CCC2)cc1CNC. The van der Waals surface area contributed by atoms with Gasteiger partial charge < -0.3 is 5.32 Å². The first-order valence-electron chi connectivity index (χ1n) is 6.85. The van der Waals surface area contributed by atoms with Crippen molar-refractivity contribution in [3.05, 3.63) is 29.3 Å². The third kappa shape index (κ3) is 3.35. The van der Waals surface area contributed by atoms with Crippen molar-refractivity contribution in [3.8, 4) is 0 Å². The highest BCUT2D eigenvalue weighted by Crippen LogP contribution is 2.22. The molecule has 0 aliphatic heterocycles. The maximum absolute atomic E-state index is 12.3. The second kappa shape index (κ2) is 6.03. The highest BCUT2D eigenvalue weighted by molar-refractivity contribution is 7.89. The molecule has 1 fully saturated rings. The molecule has 1 aliphatic rings. The predicted molar refractivity (Wildman–Crippen MR) is 76.5 cm³/mol. The number of rotatable bonds is 6. The van der Waals surface area contributed by atoms with Crippen LogP contribution >= 0.6 is 0 Å². The van der Waals surface area contributed by atoms with Crippen LogP contribution in [0.5, 0.6) is 0 Å². The Balaban J connectivity index is 2.25. The molecule has 19 heavy (non-hydrogen) atoms. The van der Waals surface area contributed by atoms with Crippen LogP contribution in [0.15, 0.2) is 23.1 Å². The Morgan fingerprint density at radius 2 is 2.00 bits per heavy atom. The Morgan fingerprint density at radius 1 is 1.26 bits per heavy atom. The summed E-state index contributed by atoms with van der Waals surface area (Å²) in [5.41, 5.74) is 2.25. The summed E-state index contributed by atoms with van der Waals surface area (Å²) in [6.07, 6.45) is 3.94. The smallest absolute Gasteiger partial charge is 0.240 e. The van der Waals surface area contributed by atoms with Crippen LogP contribution in [0.2, 0.25) is 0 Å². The Kier molecular flexibility index (Phi) is 4.60. The number of sulfonamides is 1. The fourth-order valence-electron chi connectivity index (χ4n) is 2.28. The lowest BCUT2D eigenvalue weighted by Crippen LogP contribution is -2.39. The van der Waals surface area contributed by atoms with Crippen molar-refractivity contribution in [3.63, 3.8) is 0 Å². The van der Waals surface area contributed by atoms with Gasteiger partial charge in [0.1, 0.15) is 0 Å². The second-order valence-electron chi connectivity index (χ2n) is 5.06. The lowest BCUT2D eigenvalue weighted by Gasteiger charge is -2.26. The topological polar surface area (TPSA) is 58.2 Å². The molecular formula is C14H22N2O2S. The van der Waals surface area contributed by atoms with Crippen molar-refractivity contribution in [2.75, 3.05) is 7.05 Å². The molecule has 2 N–H and O–H groups in total. The average Bonchev–Trinajstić information content (AvgIpc) is 2.34. The van der Waals surface area contributed by atoms with Crippen LogP contribution in [0.3, 0.4) is 0 Å². The van der Waals surface area contributed by atoms with Gasteiger partial charge >= 0.3 is 0 Å². The van der Waals surface area contributed by atoms with Gasteiger partial charge in [-0.3, -0.25) is 0 Å². The zero-order valence-electron chi connectivity index (χ0n) is 11.6. The van der Waals surface area contributed by atoms with Crippen LogP contribution < -0.4 is 10.0 Å². The number of hydrogen-bond donors (Lipinski definition) is 2. The average molecular weight is 282 g/mol. The van der Waals surface area contributed by atoms with Gasteiger partial charge in [0.15, 0.2) is 0 Å². The number of aryl methyl sites for hydroxylation is 1. The van der Waals surface area contributed by atoms with E-state index in [1.807, 2.05) is 13.1 Å². The molecular weight excluding hydrogens is 260 g/mol. The molecule has 1 saturated carbocycles. The minimum absolute atomic E-state index is 0.128. The molecule has 0 amide bonds. The largest absolute Gasteiger partial charge is 0.316 e. The summed E-state index contributed by atoms with van der Waals surface area (Å²) in [6, 6.07) is 5.54. The summed E-state index contributed by atoms with van der Waals surface area (Å²) in [5, 5.41) is 3.09. The van der Waals surface area contributed by atoms with Crippen molar-refractivity contribution in [2.24, 2.45) is 0 Å². The molecule has 0 aromatic heterocycles. The van der Waals surface area contributed by atoms with Crippen molar-refractivity contribution in [2.45, 2.75) is 50.1 Å². The molecule has 0 atom stereocenters. The first kappa shape index (κ1) is 14.5. The molecule has 1 aliphatic carbocycles. The molecule has 2 rings (SSSR count). The lowest BCUT2D eigenvalue weighted by atomic mass is 9.94. The summed E-state index contributed by atoms with van der Waals surface area (Å²) < 4.78 is 27.3. The molecule has 1 aromatic rings. The van der Waals surface area contributed by atoms with E-state index in [0.717, 1.165) is 31.2 Å². The van der Waals surface area contributed by atoms with E-state index in [2.05, 4.69) is 17.0 Å². The van der Waals surface area contributed by atoms with Crippen molar-refractivity contribution in [1.29, 1.82) is 0 Å². The van der Waals surface area contributed by atoms with Gasteiger partial charge in [-0.1, -0.05) is 19.4 Å². The van der Waals surface area contributed by atoms with Gasteiger partial charge in [0.2, 0.25) is 10.0 Å². The van der Waals surface area contributed by atoms with Crippen LogP contribution in [0.25, 0.3) is 0 Å². The van der Waals surface area contributed by atoms with Crippen LogP contribution in [0.4, 0.5) is 0 Å². The van der Waals surface area contributed by atoms with E-state index in [1.54, 1.807) is 12.1 Å². The quantitative estimate of drug-likeness (QED) is 0.836. The molecule has 0 heterocycles. The van der Waals surface area contributed by atoms with Crippen molar-refractivity contribution in [1.82, 2.24) is 10.0 Å². The molecule has 0 saturated heterocycles. The Hall–Kier alpha value is -0.910. The lowest BCUT2D eigenvalue weighted by molar-refractivity contribution is 0.383. The van der Waals surface area contributed by atoms with E-state index >= 15 is 0 Å². The van der Waals surface area contributed by atoms with E-state index in [-0.39, 0.29) is 6.04 Å². The molecule has 4 nitrogen and oxygen atoms in total. The predicted octanol–water partition coefficient (Wildman–Crippen LogP) is 1.80. The van der Waals surface area contributed by atoms with Gasteiger partial charge in [0.25, 0.3) is 0 Å².